The van der Waals surface area contributed by atoms with Gasteiger partial charge in [0.05, 0.1) is 17.2 Å². The lowest BCUT2D eigenvalue weighted by atomic mass is 10.1. The van der Waals surface area contributed by atoms with Crippen molar-refractivity contribution in [3.8, 4) is 0 Å². The van der Waals surface area contributed by atoms with Gasteiger partial charge in [0.2, 0.25) is 0 Å². The molecule has 0 aromatic carbocycles. The topological polar surface area (TPSA) is 47.9 Å². The first-order valence-corrected chi connectivity index (χ1v) is 8.09. The number of thioether (sulfide) groups is 1. The number of aliphatic imine (C=N–C) groups is 1. The van der Waals surface area contributed by atoms with Crippen molar-refractivity contribution in [2.45, 2.75) is 70.0 Å². The van der Waals surface area contributed by atoms with E-state index in [9.17, 15) is 4.79 Å². The molecule has 0 amide bonds. The fraction of sp³-hybridized carbons (Fsp3) is 0.857. The molecule has 0 N–H and O–H groups in total. The summed E-state index contributed by atoms with van der Waals surface area (Å²) in [6, 6.07) is 0.315. The van der Waals surface area contributed by atoms with Crippen LogP contribution in [0.5, 0.6) is 0 Å². The number of carbonyl (C=O) groups excluding carboxylic acids is 1. The van der Waals surface area contributed by atoms with E-state index in [1.165, 1.54) is 31.2 Å². The zero-order valence-electron chi connectivity index (χ0n) is 11.8. The SMILES string of the molecule is CCCCCC1=N[C@@H]2CC[C@H](COC(C)=O)O[C@@H]2S1. The highest BCUT2D eigenvalue weighted by Gasteiger charge is 2.37. The van der Waals surface area contributed by atoms with Gasteiger partial charge in [-0.1, -0.05) is 31.5 Å². The maximum atomic E-state index is 10.8. The molecule has 0 aliphatic carbocycles. The molecular weight excluding hydrogens is 262 g/mol. The van der Waals surface area contributed by atoms with Gasteiger partial charge in [-0.2, -0.15) is 0 Å². The first kappa shape index (κ1) is 14.9. The number of esters is 1. The minimum absolute atomic E-state index is 0.0443. The molecule has 0 unspecified atom stereocenters. The number of rotatable bonds is 6. The molecule has 2 rings (SSSR count). The molecule has 0 aromatic rings. The van der Waals surface area contributed by atoms with E-state index in [-0.39, 0.29) is 17.5 Å². The summed E-state index contributed by atoms with van der Waals surface area (Å²) in [4.78, 5) is 15.6. The molecule has 0 radical (unpaired) electrons. The summed E-state index contributed by atoms with van der Waals surface area (Å²) in [6.45, 7) is 4.03. The summed E-state index contributed by atoms with van der Waals surface area (Å²) >= 11 is 1.77. The molecule has 1 saturated heterocycles. The highest BCUT2D eigenvalue weighted by molar-refractivity contribution is 8.14. The Morgan fingerprint density at radius 2 is 2.32 bits per heavy atom. The van der Waals surface area contributed by atoms with Gasteiger partial charge >= 0.3 is 5.97 Å². The maximum Gasteiger partial charge on any atom is 0.302 e. The second-order valence-electron chi connectivity index (χ2n) is 5.17. The van der Waals surface area contributed by atoms with Crippen molar-refractivity contribution in [2.24, 2.45) is 4.99 Å². The Bertz CT molecular complexity index is 346. The molecule has 4 nitrogen and oxygen atoms in total. The van der Waals surface area contributed by atoms with Crippen LogP contribution in [0.4, 0.5) is 0 Å². The Morgan fingerprint density at radius 3 is 3.05 bits per heavy atom. The van der Waals surface area contributed by atoms with Crippen LogP contribution in [0.15, 0.2) is 4.99 Å². The molecular formula is C14H23NO3S. The molecule has 3 atom stereocenters. The number of nitrogens with zero attached hydrogens (tertiary/aromatic N) is 1. The third-order valence-electron chi connectivity index (χ3n) is 3.45. The standard InChI is InChI=1S/C14H23NO3S/c1-3-4-5-6-13-15-12-8-7-11(9-17-10(2)16)18-14(12)19-13/h11-12,14H,3-9H2,1-2H3/t11-,12-,14-/m1/s1. The van der Waals surface area contributed by atoms with Crippen LogP contribution < -0.4 is 0 Å². The number of unbranched alkanes of at least 4 members (excludes halogenated alkanes) is 2. The van der Waals surface area contributed by atoms with Crippen LogP contribution in [-0.4, -0.2) is 35.2 Å². The molecule has 0 aromatic heterocycles. The van der Waals surface area contributed by atoms with E-state index in [0.29, 0.717) is 12.6 Å². The van der Waals surface area contributed by atoms with Gasteiger partial charge < -0.3 is 9.47 Å². The first-order chi connectivity index (χ1) is 9.19. The normalized spacial score (nSPS) is 29.8. The van der Waals surface area contributed by atoms with Gasteiger partial charge in [-0.3, -0.25) is 9.79 Å². The third-order valence-corrected chi connectivity index (χ3v) is 4.69. The highest BCUT2D eigenvalue weighted by Crippen LogP contribution is 2.37. The quantitative estimate of drug-likeness (QED) is 0.555. The van der Waals surface area contributed by atoms with Crippen LogP contribution >= 0.6 is 11.8 Å². The third kappa shape index (κ3) is 4.49. The second-order valence-corrected chi connectivity index (χ2v) is 6.34. The smallest absolute Gasteiger partial charge is 0.302 e. The molecule has 2 heterocycles. The molecule has 2 aliphatic rings. The zero-order valence-corrected chi connectivity index (χ0v) is 12.6. The first-order valence-electron chi connectivity index (χ1n) is 7.21. The maximum absolute atomic E-state index is 10.8. The van der Waals surface area contributed by atoms with E-state index in [0.717, 1.165) is 19.3 Å². The Balaban J connectivity index is 1.74. The van der Waals surface area contributed by atoms with Gasteiger partial charge in [0.15, 0.2) is 0 Å². The fourth-order valence-electron chi connectivity index (χ4n) is 2.40. The van der Waals surface area contributed by atoms with Gasteiger partial charge in [0.25, 0.3) is 0 Å². The van der Waals surface area contributed by atoms with Crippen LogP contribution in [0.3, 0.4) is 0 Å². The van der Waals surface area contributed by atoms with Crippen molar-refractivity contribution in [1.29, 1.82) is 0 Å². The average molecular weight is 285 g/mol. The van der Waals surface area contributed by atoms with Crippen molar-refractivity contribution in [2.75, 3.05) is 6.61 Å². The Morgan fingerprint density at radius 1 is 1.47 bits per heavy atom. The van der Waals surface area contributed by atoms with Crippen LogP contribution in [-0.2, 0) is 14.3 Å². The average Bonchev–Trinajstić information content (AvgIpc) is 2.78. The molecule has 2 aliphatic heterocycles. The predicted octanol–water partition coefficient (Wildman–Crippen LogP) is 3.15. The lowest BCUT2D eigenvalue weighted by molar-refractivity contribution is -0.147. The molecule has 19 heavy (non-hydrogen) atoms. The monoisotopic (exact) mass is 285 g/mol. The fourth-order valence-corrected chi connectivity index (χ4v) is 3.70. The lowest BCUT2D eigenvalue weighted by Gasteiger charge is -2.30. The van der Waals surface area contributed by atoms with Crippen LogP contribution in [0.2, 0.25) is 0 Å². The number of fused-ring (bicyclic) bond motifs is 1. The summed E-state index contributed by atoms with van der Waals surface area (Å²) in [6.07, 6.45) is 6.84. The lowest BCUT2D eigenvalue weighted by Crippen LogP contribution is -2.36. The number of hydrogen-bond acceptors (Lipinski definition) is 5. The van der Waals surface area contributed by atoms with Crippen molar-refractivity contribution < 1.29 is 14.3 Å². The van der Waals surface area contributed by atoms with E-state index >= 15 is 0 Å². The Hall–Kier alpha value is -0.550. The van der Waals surface area contributed by atoms with E-state index < -0.39 is 0 Å². The van der Waals surface area contributed by atoms with Gasteiger partial charge in [-0.05, 0) is 25.7 Å². The number of ether oxygens (including phenoxy) is 2. The van der Waals surface area contributed by atoms with Gasteiger partial charge in [-0.25, -0.2) is 0 Å². The zero-order chi connectivity index (χ0) is 13.7. The molecule has 108 valence electrons. The van der Waals surface area contributed by atoms with Gasteiger partial charge in [0, 0.05) is 6.92 Å². The molecule has 0 saturated carbocycles. The van der Waals surface area contributed by atoms with Gasteiger partial charge in [-0.15, -0.1) is 0 Å². The summed E-state index contributed by atoms with van der Waals surface area (Å²) in [5.41, 5.74) is 0.144. The Kier molecular flexibility index (Phi) is 5.70. The van der Waals surface area contributed by atoms with Crippen molar-refractivity contribution in [1.82, 2.24) is 0 Å². The number of hydrogen-bond donors (Lipinski definition) is 0. The summed E-state index contributed by atoms with van der Waals surface area (Å²) in [7, 11) is 0. The van der Waals surface area contributed by atoms with Crippen molar-refractivity contribution in [3.05, 3.63) is 0 Å². The molecule has 0 spiro atoms. The van der Waals surface area contributed by atoms with Crippen LogP contribution in [0.25, 0.3) is 0 Å². The van der Waals surface area contributed by atoms with Crippen molar-refractivity contribution in [3.63, 3.8) is 0 Å². The molecule has 1 fully saturated rings. The Labute approximate surface area is 119 Å². The van der Waals surface area contributed by atoms with Gasteiger partial charge in [0.1, 0.15) is 12.0 Å². The van der Waals surface area contributed by atoms with E-state index in [1.54, 1.807) is 11.8 Å². The van der Waals surface area contributed by atoms with E-state index in [1.807, 2.05) is 0 Å². The largest absolute Gasteiger partial charge is 0.463 e. The minimum atomic E-state index is -0.235. The second kappa shape index (κ2) is 7.29. The van der Waals surface area contributed by atoms with E-state index in [4.69, 9.17) is 14.5 Å². The molecule has 0 bridgehead atoms. The predicted molar refractivity (Wildman–Crippen MR) is 77.5 cm³/mol. The summed E-state index contributed by atoms with van der Waals surface area (Å²) in [5.74, 6) is -0.235. The van der Waals surface area contributed by atoms with Crippen LogP contribution in [0, 0.1) is 0 Å². The minimum Gasteiger partial charge on any atom is -0.463 e. The molecule has 5 heteroatoms. The summed E-state index contributed by atoms with van der Waals surface area (Å²) < 4.78 is 11.0. The van der Waals surface area contributed by atoms with Crippen LogP contribution in [0.1, 0.15) is 52.4 Å². The number of carbonyl (C=O) groups is 1. The van der Waals surface area contributed by atoms with E-state index in [2.05, 4.69) is 6.92 Å². The van der Waals surface area contributed by atoms with Crippen molar-refractivity contribution >= 4 is 22.8 Å². The summed E-state index contributed by atoms with van der Waals surface area (Å²) in [5, 5.41) is 1.25. The highest BCUT2D eigenvalue weighted by atomic mass is 32.2.